The lowest BCUT2D eigenvalue weighted by Crippen LogP contribution is -2.41. The largest absolute Gasteiger partial charge is 0.456 e. The van der Waals surface area contributed by atoms with Gasteiger partial charge in [0.15, 0.2) is 5.82 Å². The first-order chi connectivity index (χ1) is 17.5. The zero-order chi connectivity index (χ0) is 24.9. The van der Waals surface area contributed by atoms with Crippen LogP contribution in [0.3, 0.4) is 0 Å². The first-order valence-electron chi connectivity index (χ1n) is 11.6. The van der Waals surface area contributed by atoms with Gasteiger partial charge in [0.05, 0.1) is 32.2 Å². The number of anilines is 2. The number of benzene rings is 1. The molecule has 2 N–H and O–H groups in total. The lowest BCUT2D eigenvalue weighted by Gasteiger charge is -2.25. The zero-order valence-corrected chi connectivity index (χ0v) is 19.8. The van der Waals surface area contributed by atoms with Gasteiger partial charge in [-0.2, -0.15) is 0 Å². The van der Waals surface area contributed by atoms with Gasteiger partial charge in [0, 0.05) is 31.0 Å². The van der Waals surface area contributed by atoms with Gasteiger partial charge in [0.25, 0.3) is 5.91 Å². The summed E-state index contributed by atoms with van der Waals surface area (Å²) in [7, 11) is 0. The monoisotopic (exact) mass is 486 g/mol. The Morgan fingerprint density at radius 1 is 1.03 bits per heavy atom. The number of hydrogen-bond acceptors (Lipinski definition) is 7. The van der Waals surface area contributed by atoms with E-state index >= 15 is 0 Å². The molecule has 0 spiro atoms. The highest BCUT2D eigenvalue weighted by Crippen LogP contribution is 2.25. The SMILES string of the molecule is Cc1cccnc1C(=O)Nc1cccc(Oc2ccc3nc(NC(=O)CN4CCOCC4)cn3c2)c1. The molecule has 0 saturated carbocycles. The summed E-state index contributed by atoms with van der Waals surface area (Å²) < 4.78 is 13.1. The highest BCUT2D eigenvalue weighted by Gasteiger charge is 2.15. The molecule has 1 aliphatic rings. The molecule has 0 bridgehead atoms. The summed E-state index contributed by atoms with van der Waals surface area (Å²) in [5.41, 5.74) is 2.45. The second-order valence-electron chi connectivity index (χ2n) is 8.45. The summed E-state index contributed by atoms with van der Waals surface area (Å²) in [5.74, 6) is 1.21. The van der Waals surface area contributed by atoms with E-state index in [1.165, 1.54) is 0 Å². The van der Waals surface area contributed by atoms with Crippen molar-refractivity contribution in [3.8, 4) is 11.5 Å². The Bertz CT molecular complexity index is 1400. The standard InChI is InChI=1S/C26H26N6O4/c1-18-4-3-9-27-25(18)26(34)28-19-5-2-6-20(14-19)36-21-7-8-23-29-22(16-32(23)15-21)30-24(33)17-31-10-12-35-13-11-31/h2-9,14-16H,10-13,17H2,1H3,(H,28,34)(H,30,33). The number of nitrogens with one attached hydrogen (secondary N) is 2. The summed E-state index contributed by atoms with van der Waals surface area (Å²) in [6.07, 6.45) is 5.11. The van der Waals surface area contributed by atoms with Crippen molar-refractivity contribution in [2.45, 2.75) is 6.92 Å². The third-order valence-electron chi connectivity index (χ3n) is 5.71. The van der Waals surface area contributed by atoms with E-state index in [0.717, 1.165) is 18.7 Å². The van der Waals surface area contributed by atoms with E-state index in [4.69, 9.17) is 9.47 Å². The summed E-state index contributed by atoms with van der Waals surface area (Å²) >= 11 is 0. The number of hydrogen-bond donors (Lipinski definition) is 2. The van der Waals surface area contributed by atoms with Gasteiger partial charge < -0.3 is 24.5 Å². The quantitative estimate of drug-likeness (QED) is 0.412. The van der Waals surface area contributed by atoms with Crippen molar-refractivity contribution in [1.82, 2.24) is 19.3 Å². The number of pyridine rings is 2. The molecule has 0 atom stereocenters. The van der Waals surface area contributed by atoms with Crippen LogP contribution in [0.2, 0.25) is 0 Å². The maximum atomic E-state index is 12.6. The topological polar surface area (TPSA) is 110 Å². The number of ether oxygens (including phenoxy) is 2. The second kappa shape index (κ2) is 10.5. The van der Waals surface area contributed by atoms with Gasteiger partial charge in [-0.05, 0) is 42.8 Å². The van der Waals surface area contributed by atoms with Crippen LogP contribution < -0.4 is 15.4 Å². The van der Waals surface area contributed by atoms with Gasteiger partial charge in [-0.3, -0.25) is 19.5 Å². The lowest BCUT2D eigenvalue weighted by molar-refractivity contribution is -0.118. The van der Waals surface area contributed by atoms with Crippen molar-refractivity contribution in [3.05, 3.63) is 78.4 Å². The van der Waals surface area contributed by atoms with Crippen LogP contribution in [0.1, 0.15) is 16.1 Å². The van der Waals surface area contributed by atoms with Crippen LogP contribution in [0.5, 0.6) is 11.5 Å². The Balaban J connectivity index is 1.23. The maximum Gasteiger partial charge on any atom is 0.274 e. The molecule has 3 aromatic heterocycles. The number of carbonyl (C=O) groups is 2. The molecule has 184 valence electrons. The van der Waals surface area contributed by atoms with Crippen LogP contribution in [0.15, 0.2) is 67.1 Å². The number of morpholine rings is 1. The summed E-state index contributed by atoms with van der Waals surface area (Å²) in [4.78, 5) is 35.6. The highest BCUT2D eigenvalue weighted by atomic mass is 16.5. The van der Waals surface area contributed by atoms with Gasteiger partial charge in [0.1, 0.15) is 22.8 Å². The fraction of sp³-hybridized carbons (Fsp3) is 0.231. The van der Waals surface area contributed by atoms with Crippen molar-refractivity contribution in [3.63, 3.8) is 0 Å². The van der Waals surface area contributed by atoms with Crippen molar-refractivity contribution >= 4 is 29.0 Å². The highest BCUT2D eigenvalue weighted by molar-refractivity contribution is 6.03. The molecule has 10 heteroatoms. The first-order valence-corrected chi connectivity index (χ1v) is 11.6. The first kappa shape index (κ1) is 23.5. The molecule has 4 aromatic rings. The molecule has 1 aliphatic heterocycles. The maximum absolute atomic E-state index is 12.6. The van der Waals surface area contributed by atoms with Gasteiger partial charge in [0.2, 0.25) is 5.91 Å². The smallest absolute Gasteiger partial charge is 0.274 e. The predicted molar refractivity (Wildman–Crippen MR) is 135 cm³/mol. The number of rotatable bonds is 7. The minimum absolute atomic E-state index is 0.114. The number of aromatic nitrogens is 3. The number of carbonyl (C=O) groups excluding carboxylic acids is 2. The van der Waals surface area contributed by atoms with Crippen LogP contribution in [-0.2, 0) is 9.53 Å². The Kier molecular flexibility index (Phi) is 6.87. The molecule has 4 heterocycles. The number of fused-ring (bicyclic) bond motifs is 1. The van der Waals surface area contributed by atoms with Crippen molar-refractivity contribution < 1.29 is 19.1 Å². The van der Waals surface area contributed by atoms with E-state index in [1.54, 1.807) is 59.4 Å². The fourth-order valence-corrected chi connectivity index (χ4v) is 3.92. The van der Waals surface area contributed by atoms with E-state index in [1.807, 2.05) is 19.1 Å². The average molecular weight is 487 g/mol. The minimum atomic E-state index is -0.284. The number of imidazole rings is 1. The molecule has 1 aromatic carbocycles. The van der Waals surface area contributed by atoms with Crippen molar-refractivity contribution in [1.29, 1.82) is 0 Å². The number of amides is 2. The fourth-order valence-electron chi connectivity index (χ4n) is 3.92. The van der Waals surface area contributed by atoms with E-state index in [9.17, 15) is 9.59 Å². The molecular weight excluding hydrogens is 460 g/mol. The van der Waals surface area contributed by atoms with Crippen LogP contribution in [-0.4, -0.2) is 63.9 Å². The van der Waals surface area contributed by atoms with E-state index in [-0.39, 0.29) is 11.8 Å². The van der Waals surface area contributed by atoms with Gasteiger partial charge >= 0.3 is 0 Å². The molecule has 0 aliphatic carbocycles. The lowest BCUT2D eigenvalue weighted by atomic mass is 10.2. The Hall–Kier alpha value is -4.28. The van der Waals surface area contributed by atoms with E-state index < -0.39 is 0 Å². The third-order valence-corrected chi connectivity index (χ3v) is 5.71. The molecule has 1 fully saturated rings. The third kappa shape index (κ3) is 5.68. The number of nitrogens with zero attached hydrogens (tertiary/aromatic N) is 4. The molecular formula is C26H26N6O4. The van der Waals surface area contributed by atoms with Crippen LogP contribution in [0.4, 0.5) is 11.5 Å². The summed E-state index contributed by atoms with van der Waals surface area (Å²) in [6.45, 7) is 4.92. The van der Waals surface area contributed by atoms with Gasteiger partial charge in [-0.15, -0.1) is 0 Å². The molecule has 2 amide bonds. The van der Waals surface area contributed by atoms with Crippen LogP contribution >= 0.6 is 0 Å². The molecule has 36 heavy (non-hydrogen) atoms. The predicted octanol–water partition coefficient (Wildman–Crippen LogP) is 3.35. The number of aryl methyl sites for hydroxylation is 1. The molecule has 0 unspecified atom stereocenters. The Morgan fingerprint density at radius 2 is 1.89 bits per heavy atom. The van der Waals surface area contributed by atoms with Crippen LogP contribution in [0.25, 0.3) is 5.65 Å². The Labute approximate surface area is 207 Å². The van der Waals surface area contributed by atoms with Crippen LogP contribution in [0, 0.1) is 6.92 Å². The van der Waals surface area contributed by atoms with Gasteiger partial charge in [-0.1, -0.05) is 12.1 Å². The summed E-state index contributed by atoms with van der Waals surface area (Å²) in [6, 6.07) is 14.4. The van der Waals surface area contributed by atoms with E-state index in [0.29, 0.717) is 54.1 Å². The van der Waals surface area contributed by atoms with Gasteiger partial charge in [-0.25, -0.2) is 4.98 Å². The zero-order valence-electron chi connectivity index (χ0n) is 19.8. The van der Waals surface area contributed by atoms with Crippen molar-refractivity contribution in [2.24, 2.45) is 0 Å². The molecule has 1 saturated heterocycles. The molecule has 0 radical (unpaired) electrons. The average Bonchev–Trinajstić information content (AvgIpc) is 3.26. The molecule has 5 rings (SSSR count). The summed E-state index contributed by atoms with van der Waals surface area (Å²) in [5, 5.41) is 5.71. The Morgan fingerprint density at radius 3 is 2.72 bits per heavy atom. The minimum Gasteiger partial charge on any atom is -0.456 e. The molecule has 10 nitrogen and oxygen atoms in total. The van der Waals surface area contributed by atoms with E-state index in [2.05, 4.69) is 25.5 Å². The normalized spacial score (nSPS) is 13.9. The van der Waals surface area contributed by atoms with Crippen molar-refractivity contribution in [2.75, 3.05) is 43.5 Å². The second-order valence-corrected chi connectivity index (χ2v) is 8.45.